The maximum Gasteiger partial charge on any atom is 0.126 e. The summed E-state index contributed by atoms with van der Waals surface area (Å²) in [4.78, 5) is -0.00111. The van der Waals surface area contributed by atoms with E-state index < -0.39 is 0 Å². The van der Waals surface area contributed by atoms with Crippen LogP contribution in [0.2, 0.25) is 0 Å². The lowest BCUT2D eigenvalue weighted by Gasteiger charge is -2.13. The molecule has 0 amide bonds. The van der Waals surface area contributed by atoms with Gasteiger partial charge in [-0.05, 0) is 48.2 Å². The Morgan fingerprint density at radius 1 is 1.20 bits per heavy atom. The molecule has 2 atom stereocenters. The van der Waals surface area contributed by atoms with Gasteiger partial charge in [-0.25, -0.2) is 4.39 Å². The quantitative estimate of drug-likeness (QED) is 0.706. The smallest absolute Gasteiger partial charge is 0.126 e. The molecule has 0 saturated heterocycles. The van der Waals surface area contributed by atoms with Crippen molar-refractivity contribution in [2.45, 2.75) is 31.2 Å². The molecular formula is C17H16BrFO. The Balaban J connectivity index is 1.93. The van der Waals surface area contributed by atoms with Crippen LogP contribution in [0.3, 0.4) is 0 Å². The van der Waals surface area contributed by atoms with Gasteiger partial charge in [0.1, 0.15) is 17.7 Å². The van der Waals surface area contributed by atoms with Gasteiger partial charge in [0.05, 0.1) is 4.83 Å². The second-order valence-electron chi connectivity index (χ2n) is 5.37. The molecule has 1 aliphatic rings. The monoisotopic (exact) mass is 334 g/mol. The zero-order valence-electron chi connectivity index (χ0n) is 11.5. The zero-order valence-corrected chi connectivity index (χ0v) is 13.1. The van der Waals surface area contributed by atoms with Crippen molar-refractivity contribution in [2.75, 3.05) is 0 Å². The van der Waals surface area contributed by atoms with Crippen LogP contribution in [0, 0.1) is 12.7 Å². The highest BCUT2D eigenvalue weighted by atomic mass is 79.9. The van der Waals surface area contributed by atoms with E-state index in [1.807, 2.05) is 24.3 Å². The van der Waals surface area contributed by atoms with Crippen molar-refractivity contribution in [3.8, 4) is 5.75 Å². The predicted octanol–water partition coefficient (Wildman–Crippen LogP) is 4.94. The van der Waals surface area contributed by atoms with E-state index in [2.05, 4.69) is 28.9 Å². The van der Waals surface area contributed by atoms with E-state index in [4.69, 9.17) is 4.74 Å². The molecule has 104 valence electrons. The first-order valence-corrected chi connectivity index (χ1v) is 7.66. The van der Waals surface area contributed by atoms with Gasteiger partial charge in [-0.2, -0.15) is 0 Å². The fourth-order valence-corrected chi connectivity index (χ4v) is 3.13. The fourth-order valence-electron chi connectivity index (χ4n) is 2.56. The normalized spacial score (nSPS) is 18.5. The van der Waals surface area contributed by atoms with Gasteiger partial charge in [-0.1, -0.05) is 40.2 Å². The number of rotatable bonds is 2. The Morgan fingerprint density at radius 3 is 2.65 bits per heavy atom. The van der Waals surface area contributed by atoms with E-state index >= 15 is 0 Å². The van der Waals surface area contributed by atoms with E-state index in [0.29, 0.717) is 5.56 Å². The first-order valence-electron chi connectivity index (χ1n) is 6.74. The molecule has 0 spiro atoms. The summed E-state index contributed by atoms with van der Waals surface area (Å²) < 4.78 is 19.4. The summed E-state index contributed by atoms with van der Waals surface area (Å²) in [5.41, 5.74) is 3.96. The lowest BCUT2D eigenvalue weighted by atomic mass is 10.00. The molecular weight excluding hydrogens is 319 g/mol. The SMILES string of the molecule is Cc1ccc(C(Br)c2ccc3c(c2)CC(C)O3)cc1F. The molecule has 0 aromatic heterocycles. The number of fused-ring (bicyclic) bond motifs is 1. The summed E-state index contributed by atoms with van der Waals surface area (Å²) in [5.74, 6) is 0.807. The van der Waals surface area contributed by atoms with Gasteiger partial charge in [-0.15, -0.1) is 0 Å². The number of aryl methyl sites for hydroxylation is 1. The van der Waals surface area contributed by atoms with Crippen LogP contribution in [0.15, 0.2) is 36.4 Å². The first kappa shape index (κ1) is 13.6. The predicted molar refractivity (Wildman–Crippen MR) is 82.1 cm³/mol. The second kappa shape index (κ2) is 5.21. The first-order chi connectivity index (χ1) is 9.54. The summed E-state index contributed by atoms with van der Waals surface area (Å²) in [5, 5.41) is 0. The molecule has 1 aliphatic heterocycles. The Morgan fingerprint density at radius 2 is 1.90 bits per heavy atom. The van der Waals surface area contributed by atoms with Gasteiger partial charge in [0.2, 0.25) is 0 Å². The Labute approximate surface area is 126 Å². The van der Waals surface area contributed by atoms with Gasteiger partial charge >= 0.3 is 0 Å². The second-order valence-corrected chi connectivity index (χ2v) is 6.29. The summed E-state index contributed by atoms with van der Waals surface area (Å²) >= 11 is 3.67. The van der Waals surface area contributed by atoms with Gasteiger partial charge < -0.3 is 4.74 Å². The van der Waals surface area contributed by atoms with Crippen LogP contribution in [0.4, 0.5) is 4.39 Å². The van der Waals surface area contributed by atoms with Crippen LogP contribution in [0.5, 0.6) is 5.75 Å². The Bertz CT molecular complexity index is 653. The largest absolute Gasteiger partial charge is 0.490 e. The topological polar surface area (TPSA) is 9.23 Å². The minimum absolute atomic E-state index is 0.00111. The number of halogens is 2. The van der Waals surface area contributed by atoms with E-state index in [9.17, 15) is 4.39 Å². The van der Waals surface area contributed by atoms with Crippen molar-refractivity contribution in [1.82, 2.24) is 0 Å². The number of alkyl halides is 1. The van der Waals surface area contributed by atoms with E-state index in [0.717, 1.165) is 23.3 Å². The van der Waals surface area contributed by atoms with E-state index in [1.54, 1.807) is 13.0 Å². The van der Waals surface area contributed by atoms with Crippen LogP contribution in [0.1, 0.15) is 34.0 Å². The van der Waals surface area contributed by atoms with Crippen LogP contribution in [-0.2, 0) is 6.42 Å². The van der Waals surface area contributed by atoms with Crippen molar-refractivity contribution >= 4 is 15.9 Å². The molecule has 0 fully saturated rings. The van der Waals surface area contributed by atoms with E-state index in [-0.39, 0.29) is 16.7 Å². The lowest BCUT2D eigenvalue weighted by molar-refractivity contribution is 0.254. The third-order valence-electron chi connectivity index (χ3n) is 3.70. The minimum Gasteiger partial charge on any atom is -0.490 e. The summed E-state index contributed by atoms with van der Waals surface area (Å²) in [6.07, 6.45) is 1.18. The van der Waals surface area contributed by atoms with Gasteiger partial charge in [0, 0.05) is 6.42 Å². The van der Waals surface area contributed by atoms with Gasteiger partial charge in [-0.3, -0.25) is 0 Å². The van der Waals surface area contributed by atoms with Crippen LogP contribution in [-0.4, -0.2) is 6.10 Å². The van der Waals surface area contributed by atoms with Crippen molar-refractivity contribution in [2.24, 2.45) is 0 Å². The molecule has 2 aromatic rings. The van der Waals surface area contributed by atoms with Crippen LogP contribution < -0.4 is 4.74 Å². The molecule has 3 rings (SSSR count). The summed E-state index contributed by atoms with van der Waals surface area (Å²) in [6, 6.07) is 11.6. The van der Waals surface area contributed by atoms with Crippen molar-refractivity contribution in [3.05, 3.63) is 64.5 Å². The number of hydrogen-bond donors (Lipinski definition) is 0. The molecule has 0 aliphatic carbocycles. The molecule has 2 aromatic carbocycles. The average Bonchev–Trinajstić information content (AvgIpc) is 2.80. The van der Waals surface area contributed by atoms with Crippen LogP contribution >= 0.6 is 15.9 Å². The van der Waals surface area contributed by atoms with Crippen molar-refractivity contribution < 1.29 is 9.13 Å². The standard InChI is InChI=1S/C17H16BrFO/c1-10-3-4-13(9-15(10)19)17(18)12-5-6-16-14(8-12)7-11(2)20-16/h3-6,8-9,11,17H,7H2,1-2H3. The zero-order chi connectivity index (χ0) is 14.3. The van der Waals surface area contributed by atoms with E-state index in [1.165, 1.54) is 5.56 Å². The highest BCUT2D eigenvalue weighted by Crippen LogP contribution is 2.36. The molecule has 0 saturated carbocycles. The lowest BCUT2D eigenvalue weighted by Crippen LogP contribution is -2.05. The highest BCUT2D eigenvalue weighted by molar-refractivity contribution is 9.09. The number of benzene rings is 2. The molecule has 0 N–H and O–H groups in total. The summed E-state index contributed by atoms with van der Waals surface area (Å²) in [7, 11) is 0. The third kappa shape index (κ3) is 2.47. The highest BCUT2D eigenvalue weighted by Gasteiger charge is 2.21. The molecule has 1 heterocycles. The van der Waals surface area contributed by atoms with Crippen molar-refractivity contribution in [3.63, 3.8) is 0 Å². The fraction of sp³-hybridized carbons (Fsp3) is 0.294. The van der Waals surface area contributed by atoms with Crippen LogP contribution in [0.25, 0.3) is 0 Å². The number of hydrogen-bond acceptors (Lipinski definition) is 1. The molecule has 0 radical (unpaired) electrons. The molecule has 0 bridgehead atoms. The van der Waals surface area contributed by atoms with Crippen molar-refractivity contribution in [1.29, 1.82) is 0 Å². The maximum atomic E-state index is 13.7. The molecule has 1 nitrogen and oxygen atoms in total. The Hall–Kier alpha value is -1.35. The maximum absolute atomic E-state index is 13.7. The Kier molecular flexibility index (Phi) is 3.55. The van der Waals surface area contributed by atoms with Gasteiger partial charge in [0.25, 0.3) is 0 Å². The summed E-state index contributed by atoms with van der Waals surface area (Å²) in [6.45, 7) is 3.84. The third-order valence-corrected chi connectivity index (χ3v) is 4.76. The average molecular weight is 335 g/mol. The minimum atomic E-state index is -0.162. The molecule has 2 unspecified atom stereocenters. The number of ether oxygens (including phenoxy) is 1. The van der Waals surface area contributed by atoms with Gasteiger partial charge in [0.15, 0.2) is 0 Å². The molecule has 3 heteroatoms. The molecule has 20 heavy (non-hydrogen) atoms.